The van der Waals surface area contributed by atoms with Gasteiger partial charge in [-0.2, -0.15) is 0 Å². The second-order valence-corrected chi connectivity index (χ2v) is 4.92. The number of allylic oxidation sites excluding steroid dienone is 1. The van der Waals surface area contributed by atoms with Crippen molar-refractivity contribution >= 4 is 28.9 Å². The summed E-state index contributed by atoms with van der Waals surface area (Å²) in [6.07, 6.45) is 3.02. The predicted octanol–water partition coefficient (Wildman–Crippen LogP) is 4.35. The maximum Gasteiger partial charge on any atom is 0.187 e. The van der Waals surface area contributed by atoms with E-state index in [1.165, 1.54) is 13.0 Å². The normalized spacial score (nSPS) is 10.6. The SMILES string of the molecule is CC(=O)c1ccc(N/C=C/C(=O)c2ccc(Cl)cc2)cc1. The van der Waals surface area contributed by atoms with Gasteiger partial charge in [0.1, 0.15) is 0 Å². The van der Waals surface area contributed by atoms with E-state index in [0.717, 1.165) is 5.69 Å². The number of benzene rings is 2. The van der Waals surface area contributed by atoms with E-state index in [9.17, 15) is 9.59 Å². The van der Waals surface area contributed by atoms with Gasteiger partial charge in [0.2, 0.25) is 0 Å². The quantitative estimate of drug-likeness (QED) is 0.659. The summed E-state index contributed by atoms with van der Waals surface area (Å²) in [6, 6.07) is 13.8. The molecule has 0 aliphatic carbocycles. The molecule has 2 aromatic rings. The maximum absolute atomic E-state index is 11.9. The Morgan fingerprint density at radius 3 is 2.10 bits per heavy atom. The molecule has 0 saturated heterocycles. The minimum atomic E-state index is -0.112. The van der Waals surface area contributed by atoms with Crippen LogP contribution < -0.4 is 5.32 Å². The molecule has 3 nitrogen and oxygen atoms in total. The number of halogens is 1. The molecule has 0 aliphatic heterocycles. The number of nitrogens with one attached hydrogen (secondary N) is 1. The molecule has 0 amide bonds. The number of carbonyl (C=O) groups is 2. The van der Waals surface area contributed by atoms with Crippen LogP contribution in [0.2, 0.25) is 5.02 Å². The third kappa shape index (κ3) is 4.29. The highest BCUT2D eigenvalue weighted by Gasteiger charge is 2.01. The third-order valence-electron chi connectivity index (χ3n) is 2.90. The average molecular weight is 300 g/mol. The van der Waals surface area contributed by atoms with Gasteiger partial charge >= 0.3 is 0 Å². The van der Waals surface area contributed by atoms with Crippen molar-refractivity contribution < 1.29 is 9.59 Å². The van der Waals surface area contributed by atoms with Crippen molar-refractivity contribution in [3.63, 3.8) is 0 Å². The van der Waals surface area contributed by atoms with Crippen LogP contribution in [0.25, 0.3) is 0 Å². The van der Waals surface area contributed by atoms with Crippen molar-refractivity contribution in [3.8, 4) is 0 Å². The highest BCUT2D eigenvalue weighted by Crippen LogP contribution is 2.12. The van der Waals surface area contributed by atoms with Crippen LogP contribution in [-0.4, -0.2) is 11.6 Å². The van der Waals surface area contributed by atoms with Crippen molar-refractivity contribution in [2.75, 3.05) is 5.32 Å². The molecule has 0 aromatic heterocycles. The summed E-state index contributed by atoms with van der Waals surface area (Å²) in [7, 11) is 0. The van der Waals surface area contributed by atoms with E-state index in [2.05, 4.69) is 5.32 Å². The lowest BCUT2D eigenvalue weighted by Gasteiger charge is -2.01. The highest BCUT2D eigenvalue weighted by molar-refractivity contribution is 6.30. The van der Waals surface area contributed by atoms with Crippen LogP contribution in [-0.2, 0) is 0 Å². The second-order valence-electron chi connectivity index (χ2n) is 4.48. The van der Waals surface area contributed by atoms with E-state index in [1.807, 2.05) is 0 Å². The maximum atomic E-state index is 11.9. The largest absolute Gasteiger partial charge is 0.362 e. The van der Waals surface area contributed by atoms with E-state index < -0.39 is 0 Å². The Hall–Kier alpha value is -2.39. The second kappa shape index (κ2) is 6.86. The van der Waals surface area contributed by atoms with Crippen LogP contribution in [0.1, 0.15) is 27.6 Å². The fourth-order valence-electron chi connectivity index (χ4n) is 1.73. The fraction of sp³-hybridized carbons (Fsp3) is 0.0588. The molecular weight excluding hydrogens is 286 g/mol. The smallest absolute Gasteiger partial charge is 0.187 e. The van der Waals surface area contributed by atoms with Crippen LogP contribution in [0, 0.1) is 0 Å². The van der Waals surface area contributed by atoms with Gasteiger partial charge in [-0.15, -0.1) is 0 Å². The van der Waals surface area contributed by atoms with Gasteiger partial charge in [0.15, 0.2) is 11.6 Å². The number of carbonyl (C=O) groups excluding carboxylic acids is 2. The summed E-state index contributed by atoms with van der Waals surface area (Å²) < 4.78 is 0. The van der Waals surface area contributed by atoms with Crippen LogP contribution in [0.4, 0.5) is 5.69 Å². The molecule has 0 unspecified atom stereocenters. The molecule has 0 heterocycles. The number of hydrogen-bond donors (Lipinski definition) is 1. The number of anilines is 1. The Labute approximate surface area is 128 Å². The fourth-order valence-corrected chi connectivity index (χ4v) is 1.85. The van der Waals surface area contributed by atoms with E-state index in [-0.39, 0.29) is 11.6 Å². The van der Waals surface area contributed by atoms with Gasteiger partial charge in [-0.05, 0) is 55.5 Å². The van der Waals surface area contributed by atoms with Crippen molar-refractivity contribution in [3.05, 3.63) is 77.0 Å². The minimum absolute atomic E-state index is 0.0232. The van der Waals surface area contributed by atoms with Crippen molar-refractivity contribution in [2.24, 2.45) is 0 Å². The zero-order valence-electron chi connectivity index (χ0n) is 11.5. The van der Waals surface area contributed by atoms with Crippen molar-refractivity contribution in [1.82, 2.24) is 0 Å². The van der Waals surface area contributed by atoms with E-state index in [4.69, 9.17) is 11.6 Å². The zero-order valence-corrected chi connectivity index (χ0v) is 12.2. The Morgan fingerprint density at radius 2 is 1.52 bits per heavy atom. The summed E-state index contributed by atoms with van der Waals surface area (Å²) in [4.78, 5) is 23.0. The van der Waals surface area contributed by atoms with E-state index >= 15 is 0 Å². The number of Topliss-reactive ketones (excluding diaryl/α,β-unsaturated/α-hetero) is 1. The molecule has 0 aliphatic rings. The summed E-state index contributed by atoms with van der Waals surface area (Å²) >= 11 is 5.77. The zero-order chi connectivity index (χ0) is 15.2. The summed E-state index contributed by atoms with van der Waals surface area (Å²) in [5, 5.41) is 3.58. The molecule has 21 heavy (non-hydrogen) atoms. The molecule has 0 fully saturated rings. The van der Waals surface area contributed by atoms with E-state index in [0.29, 0.717) is 16.1 Å². The Morgan fingerprint density at radius 1 is 0.952 bits per heavy atom. The van der Waals surface area contributed by atoms with Crippen molar-refractivity contribution in [1.29, 1.82) is 0 Å². The van der Waals surface area contributed by atoms with Crippen LogP contribution in [0.15, 0.2) is 60.8 Å². The lowest BCUT2D eigenvalue weighted by molar-refractivity contribution is 0.101. The number of rotatable bonds is 5. The molecule has 0 radical (unpaired) electrons. The van der Waals surface area contributed by atoms with Gasteiger partial charge in [0, 0.05) is 34.1 Å². The molecule has 4 heteroatoms. The molecule has 2 aromatic carbocycles. The van der Waals surface area contributed by atoms with Gasteiger partial charge in [0.05, 0.1) is 0 Å². The summed E-state index contributed by atoms with van der Waals surface area (Å²) in [5.41, 5.74) is 2.03. The Balaban J connectivity index is 1.97. The molecule has 2 rings (SSSR count). The van der Waals surface area contributed by atoms with Gasteiger partial charge in [0.25, 0.3) is 0 Å². The first-order valence-corrected chi connectivity index (χ1v) is 6.78. The number of ketones is 2. The standard InChI is InChI=1S/C17H14ClNO2/c1-12(20)13-4-8-16(9-5-13)19-11-10-17(21)14-2-6-15(18)7-3-14/h2-11,19H,1H3/b11-10+. The molecule has 0 bridgehead atoms. The first-order valence-electron chi connectivity index (χ1n) is 6.40. The highest BCUT2D eigenvalue weighted by atomic mass is 35.5. The van der Waals surface area contributed by atoms with Crippen LogP contribution >= 0.6 is 11.6 Å². The van der Waals surface area contributed by atoms with Crippen molar-refractivity contribution in [2.45, 2.75) is 6.92 Å². The minimum Gasteiger partial charge on any atom is -0.362 e. The summed E-state index contributed by atoms with van der Waals surface area (Å²) in [6.45, 7) is 1.52. The third-order valence-corrected chi connectivity index (χ3v) is 3.16. The summed E-state index contributed by atoms with van der Waals surface area (Å²) in [5.74, 6) is -0.0884. The van der Waals surface area contributed by atoms with Gasteiger partial charge < -0.3 is 5.32 Å². The molecule has 106 valence electrons. The number of hydrogen-bond acceptors (Lipinski definition) is 3. The van der Waals surface area contributed by atoms with Gasteiger partial charge in [-0.25, -0.2) is 0 Å². The molecule has 0 spiro atoms. The monoisotopic (exact) mass is 299 g/mol. The van der Waals surface area contributed by atoms with Gasteiger partial charge in [-0.1, -0.05) is 11.6 Å². The molecular formula is C17H14ClNO2. The molecule has 0 saturated carbocycles. The predicted molar refractivity (Wildman–Crippen MR) is 85.0 cm³/mol. The van der Waals surface area contributed by atoms with E-state index in [1.54, 1.807) is 54.7 Å². The first-order chi connectivity index (χ1) is 10.1. The average Bonchev–Trinajstić information content (AvgIpc) is 2.48. The van der Waals surface area contributed by atoms with Crippen LogP contribution in [0.3, 0.4) is 0 Å². The lowest BCUT2D eigenvalue weighted by Crippen LogP contribution is -1.96. The molecule has 0 atom stereocenters. The van der Waals surface area contributed by atoms with Crippen LogP contribution in [0.5, 0.6) is 0 Å². The van der Waals surface area contributed by atoms with Gasteiger partial charge in [-0.3, -0.25) is 9.59 Å². The first kappa shape index (κ1) is 15.0. The lowest BCUT2D eigenvalue weighted by atomic mass is 10.1. The Kier molecular flexibility index (Phi) is 4.90. The topological polar surface area (TPSA) is 46.2 Å². The Bertz CT molecular complexity index is 673. The molecule has 1 N–H and O–H groups in total.